The Morgan fingerprint density at radius 2 is 1.86 bits per heavy atom. The van der Waals surface area contributed by atoms with Crippen LogP contribution in [0.4, 0.5) is 10.2 Å². The summed E-state index contributed by atoms with van der Waals surface area (Å²) in [6.07, 6.45) is 3.66. The molecule has 0 bridgehead atoms. The first kappa shape index (κ1) is 21.8. The number of fused-ring (bicyclic) bond motifs is 1. The van der Waals surface area contributed by atoms with Crippen molar-refractivity contribution in [3.05, 3.63) is 83.9 Å². The monoisotopic (exact) mass is 480 g/mol. The first-order valence-corrected chi connectivity index (χ1v) is 11.5. The van der Waals surface area contributed by atoms with Crippen molar-refractivity contribution >= 4 is 11.7 Å². The highest BCUT2D eigenvalue weighted by Crippen LogP contribution is 2.34. The van der Waals surface area contributed by atoms with Gasteiger partial charge in [-0.25, -0.2) is 14.4 Å². The Bertz CT molecular complexity index is 1590. The molecular formula is C26H21FN8O. The number of hydrogen-bond acceptors (Lipinski definition) is 6. The molecule has 9 nitrogen and oxygen atoms in total. The smallest absolute Gasteiger partial charge is 0.260 e. The molecule has 36 heavy (non-hydrogen) atoms. The number of imidazole rings is 1. The molecule has 3 aromatic heterocycles. The minimum Gasteiger partial charge on any atom is -0.327 e. The van der Waals surface area contributed by atoms with E-state index in [1.165, 1.54) is 6.07 Å². The number of hydrogen-bond donors (Lipinski definition) is 1. The van der Waals surface area contributed by atoms with Gasteiger partial charge >= 0.3 is 0 Å². The molecule has 2 aromatic carbocycles. The summed E-state index contributed by atoms with van der Waals surface area (Å²) >= 11 is 0. The lowest BCUT2D eigenvalue weighted by atomic mass is 9.98. The Balaban J connectivity index is 1.33. The van der Waals surface area contributed by atoms with Gasteiger partial charge in [-0.3, -0.25) is 9.69 Å². The van der Waals surface area contributed by atoms with E-state index in [0.29, 0.717) is 46.1 Å². The van der Waals surface area contributed by atoms with Crippen LogP contribution in [0.25, 0.3) is 34.0 Å². The lowest BCUT2D eigenvalue weighted by Crippen LogP contribution is -2.24. The topological polar surface area (TPSA) is 105 Å². The maximum Gasteiger partial charge on any atom is 0.260 e. The zero-order valence-electron chi connectivity index (χ0n) is 19.6. The van der Waals surface area contributed by atoms with Crippen molar-refractivity contribution in [2.75, 3.05) is 4.90 Å². The fourth-order valence-electron chi connectivity index (χ4n) is 4.45. The molecule has 178 valence electrons. The highest BCUT2D eigenvalue weighted by atomic mass is 19.1. The van der Waals surface area contributed by atoms with Gasteiger partial charge in [-0.1, -0.05) is 18.2 Å². The van der Waals surface area contributed by atoms with Gasteiger partial charge in [0.05, 0.1) is 6.54 Å². The minimum absolute atomic E-state index is 0.182. The van der Waals surface area contributed by atoms with Crippen LogP contribution in [0.5, 0.6) is 0 Å². The van der Waals surface area contributed by atoms with Gasteiger partial charge in [0.2, 0.25) is 5.82 Å². The average molecular weight is 481 g/mol. The number of benzene rings is 2. The summed E-state index contributed by atoms with van der Waals surface area (Å²) in [6, 6.07) is 15.8. The number of aromatic amines is 1. The summed E-state index contributed by atoms with van der Waals surface area (Å²) in [6.45, 7) is 4.54. The molecule has 0 unspecified atom stereocenters. The number of anilines is 1. The molecule has 1 aliphatic rings. The zero-order valence-corrected chi connectivity index (χ0v) is 19.6. The number of nitrogens with one attached hydrogen (secondary N) is 1. The van der Waals surface area contributed by atoms with E-state index in [1.54, 1.807) is 29.3 Å². The highest BCUT2D eigenvalue weighted by molar-refractivity contribution is 6.10. The summed E-state index contributed by atoms with van der Waals surface area (Å²) in [5, 5.41) is 13.9. The first-order chi connectivity index (χ1) is 17.5. The van der Waals surface area contributed by atoms with Gasteiger partial charge < -0.3 is 4.57 Å². The van der Waals surface area contributed by atoms with E-state index in [4.69, 9.17) is 4.98 Å². The highest BCUT2D eigenvalue weighted by Gasteiger charge is 2.30. The maximum atomic E-state index is 14.8. The molecule has 6 rings (SSSR count). The number of nitrogens with zero attached hydrogens (tertiary/aromatic N) is 7. The second-order valence-corrected chi connectivity index (χ2v) is 8.83. The van der Waals surface area contributed by atoms with Crippen LogP contribution in [-0.4, -0.2) is 41.1 Å². The Morgan fingerprint density at radius 1 is 1.03 bits per heavy atom. The van der Waals surface area contributed by atoms with Crippen LogP contribution >= 0.6 is 0 Å². The predicted octanol–water partition coefficient (Wildman–Crippen LogP) is 4.67. The Labute approximate surface area is 205 Å². The molecule has 0 saturated carbocycles. The number of carbonyl (C=O) groups excluding carboxylic acids is 1. The third-order valence-electron chi connectivity index (χ3n) is 6.26. The van der Waals surface area contributed by atoms with E-state index in [9.17, 15) is 9.18 Å². The minimum atomic E-state index is -0.403. The van der Waals surface area contributed by atoms with Gasteiger partial charge in [0, 0.05) is 35.1 Å². The number of amides is 1. The number of carbonyl (C=O) groups is 1. The Kier molecular flexibility index (Phi) is 5.14. The van der Waals surface area contributed by atoms with Gasteiger partial charge in [0.25, 0.3) is 5.91 Å². The number of pyridine rings is 1. The van der Waals surface area contributed by atoms with E-state index >= 15 is 0 Å². The SMILES string of the molecule is CC(C)n1ccnc1-c1cccc(N2Cc3ccc(-c4cc(-c5nn[nH]n5)ccc4F)cc3C2=O)n1. The number of aromatic nitrogens is 7. The fourth-order valence-corrected chi connectivity index (χ4v) is 4.45. The van der Waals surface area contributed by atoms with Gasteiger partial charge in [0.15, 0.2) is 5.82 Å². The van der Waals surface area contributed by atoms with E-state index in [0.717, 1.165) is 11.4 Å². The molecule has 0 spiro atoms. The summed E-state index contributed by atoms with van der Waals surface area (Å²) in [5.41, 5.74) is 3.63. The summed E-state index contributed by atoms with van der Waals surface area (Å²) in [4.78, 5) is 24.3. The molecule has 0 saturated heterocycles. The van der Waals surface area contributed by atoms with E-state index in [2.05, 4.69) is 39.5 Å². The first-order valence-electron chi connectivity index (χ1n) is 11.5. The summed E-state index contributed by atoms with van der Waals surface area (Å²) in [5.74, 6) is 1.07. The average Bonchev–Trinajstić information content (AvgIpc) is 3.65. The molecule has 0 fully saturated rings. The standard InChI is InChI=1S/C26H21FN8O/c1-15(2)34-11-10-28-25(34)22-4-3-5-23(29-22)35-14-18-7-6-16(12-20(18)26(35)36)19-13-17(8-9-21(19)27)24-30-32-33-31-24/h3-13,15H,14H2,1-2H3,(H,30,31,32,33). The van der Waals surface area contributed by atoms with Crippen LogP contribution in [-0.2, 0) is 6.54 Å². The van der Waals surface area contributed by atoms with Crippen molar-refractivity contribution in [2.24, 2.45) is 0 Å². The van der Waals surface area contributed by atoms with Crippen molar-refractivity contribution in [2.45, 2.75) is 26.4 Å². The predicted molar refractivity (Wildman–Crippen MR) is 131 cm³/mol. The lowest BCUT2D eigenvalue weighted by molar-refractivity contribution is 0.0996. The third-order valence-corrected chi connectivity index (χ3v) is 6.26. The van der Waals surface area contributed by atoms with Crippen molar-refractivity contribution in [3.63, 3.8) is 0 Å². The van der Waals surface area contributed by atoms with Crippen LogP contribution < -0.4 is 4.90 Å². The van der Waals surface area contributed by atoms with Gasteiger partial charge in [-0.2, -0.15) is 5.21 Å². The van der Waals surface area contributed by atoms with Crippen molar-refractivity contribution < 1.29 is 9.18 Å². The summed E-state index contributed by atoms with van der Waals surface area (Å²) < 4.78 is 16.8. The largest absolute Gasteiger partial charge is 0.327 e. The number of tetrazole rings is 1. The van der Waals surface area contributed by atoms with Gasteiger partial charge in [0.1, 0.15) is 17.3 Å². The van der Waals surface area contributed by atoms with Gasteiger partial charge in [-0.15, -0.1) is 10.2 Å². The van der Waals surface area contributed by atoms with Crippen LogP contribution in [0.15, 0.2) is 67.0 Å². The molecule has 1 aliphatic heterocycles. The molecule has 1 N–H and O–H groups in total. The van der Waals surface area contributed by atoms with Crippen molar-refractivity contribution in [3.8, 4) is 34.0 Å². The van der Waals surface area contributed by atoms with E-state index in [-0.39, 0.29) is 11.9 Å². The Hall–Kier alpha value is -4.73. The molecule has 4 heterocycles. The van der Waals surface area contributed by atoms with E-state index in [1.807, 2.05) is 41.1 Å². The molecular weight excluding hydrogens is 459 g/mol. The van der Waals surface area contributed by atoms with E-state index < -0.39 is 5.82 Å². The summed E-state index contributed by atoms with van der Waals surface area (Å²) in [7, 11) is 0. The third kappa shape index (κ3) is 3.63. The molecule has 0 atom stereocenters. The van der Waals surface area contributed by atoms with Crippen LogP contribution in [0.2, 0.25) is 0 Å². The lowest BCUT2D eigenvalue weighted by Gasteiger charge is -2.16. The second kappa shape index (κ2) is 8.49. The molecule has 10 heteroatoms. The normalized spacial score (nSPS) is 13.0. The van der Waals surface area contributed by atoms with Crippen LogP contribution in [0, 0.1) is 5.82 Å². The van der Waals surface area contributed by atoms with Crippen molar-refractivity contribution in [1.82, 2.24) is 35.2 Å². The second-order valence-electron chi connectivity index (χ2n) is 8.83. The fraction of sp³-hybridized carbons (Fsp3) is 0.154. The number of H-pyrrole nitrogens is 1. The molecule has 0 aliphatic carbocycles. The molecule has 5 aromatic rings. The van der Waals surface area contributed by atoms with Crippen molar-refractivity contribution in [1.29, 1.82) is 0 Å². The molecule has 1 amide bonds. The maximum absolute atomic E-state index is 14.8. The number of halogens is 1. The van der Waals surface area contributed by atoms with Crippen LogP contribution in [0.1, 0.15) is 35.8 Å². The molecule has 0 radical (unpaired) electrons. The zero-order chi connectivity index (χ0) is 24.8. The number of rotatable bonds is 5. The van der Waals surface area contributed by atoms with Gasteiger partial charge in [-0.05, 0) is 66.6 Å². The van der Waals surface area contributed by atoms with Crippen LogP contribution in [0.3, 0.4) is 0 Å². The quantitative estimate of drug-likeness (QED) is 0.392. The Morgan fingerprint density at radius 3 is 2.67 bits per heavy atom.